The van der Waals surface area contributed by atoms with Crippen LogP contribution in [0.25, 0.3) is 0 Å². The molecule has 2 aliphatic rings. The van der Waals surface area contributed by atoms with Crippen LogP contribution in [0.4, 0.5) is 11.5 Å². The molecule has 0 amide bonds. The zero-order chi connectivity index (χ0) is 18.1. The van der Waals surface area contributed by atoms with Crippen LogP contribution in [0.3, 0.4) is 0 Å². The number of aromatic nitrogens is 3. The van der Waals surface area contributed by atoms with Crippen LogP contribution in [0.5, 0.6) is 0 Å². The van der Waals surface area contributed by atoms with Crippen LogP contribution < -0.4 is 9.80 Å². The molecule has 1 atom stereocenters. The minimum Gasteiger partial charge on any atom is -0.378 e. The number of ether oxygens (including phenoxy) is 1. The first-order valence-electron chi connectivity index (χ1n) is 8.96. The Balaban J connectivity index is 1.63. The van der Waals surface area contributed by atoms with Gasteiger partial charge in [-0.15, -0.1) is 10.2 Å². The summed E-state index contributed by atoms with van der Waals surface area (Å²) in [6.45, 7) is 9.11. The fourth-order valence-corrected chi connectivity index (χ4v) is 3.77. The van der Waals surface area contributed by atoms with Gasteiger partial charge in [0, 0.05) is 32.1 Å². The van der Waals surface area contributed by atoms with Crippen LogP contribution in [0.2, 0.25) is 0 Å². The Morgan fingerprint density at radius 1 is 1.19 bits per heavy atom. The first-order valence-corrected chi connectivity index (χ1v) is 8.96. The van der Waals surface area contributed by atoms with E-state index >= 15 is 0 Å². The summed E-state index contributed by atoms with van der Waals surface area (Å²) in [5.41, 5.74) is 4.89. The lowest BCUT2D eigenvalue weighted by Crippen LogP contribution is -2.37. The summed E-state index contributed by atoms with van der Waals surface area (Å²) in [7, 11) is 0. The van der Waals surface area contributed by atoms with E-state index in [1.807, 2.05) is 19.2 Å². The Morgan fingerprint density at radius 3 is 2.73 bits per heavy atom. The maximum atomic E-state index is 9.00. The van der Waals surface area contributed by atoms with Crippen LogP contribution >= 0.6 is 0 Å². The van der Waals surface area contributed by atoms with Crippen LogP contribution in [0, 0.1) is 18.3 Å². The highest BCUT2D eigenvalue weighted by Gasteiger charge is 2.26. The molecule has 2 aliphatic heterocycles. The number of rotatable bonds is 2. The highest BCUT2D eigenvalue weighted by Crippen LogP contribution is 2.32. The van der Waals surface area contributed by atoms with E-state index < -0.39 is 0 Å². The molecular weight excluding hydrogens is 328 g/mol. The molecule has 7 nitrogen and oxygen atoms in total. The summed E-state index contributed by atoms with van der Waals surface area (Å²) in [4.78, 5) is 9.33. The summed E-state index contributed by atoms with van der Waals surface area (Å²) in [5, 5.41) is 17.3. The monoisotopic (exact) mass is 350 g/mol. The largest absolute Gasteiger partial charge is 0.378 e. The quantitative estimate of drug-likeness (QED) is 0.820. The minimum absolute atomic E-state index is 0.314. The van der Waals surface area contributed by atoms with Gasteiger partial charge in [0.15, 0.2) is 11.5 Å². The molecule has 2 aromatic rings. The molecule has 7 heteroatoms. The molecular formula is C19H22N6O. The Labute approximate surface area is 153 Å². The van der Waals surface area contributed by atoms with Crippen molar-refractivity contribution in [2.75, 3.05) is 42.6 Å². The van der Waals surface area contributed by atoms with Gasteiger partial charge in [0.1, 0.15) is 6.07 Å². The standard InChI is InChI=1S/C19H22N6O/c1-13-7-16(9-20)22-23-19(13)25-11-14(2)18-15(12-25)8-17(10-21-18)24-3-5-26-6-4-24/h7-8,10,14H,3-6,11-12H2,1-2H3. The van der Waals surface area contributed by atoms with Crippen molar-refractivity contribution < 1.29 is 4.74 Å². The van der Waals surface area contributed by atoms with Crippen molar-refractivity contribution in [3.63, 3.8) is 0 Å². The molecule has 0 saturated carbocycles. The van der Waals surface area contributed by atoms with Crippen molar-refractivity contribution in [2.45, 2.75) is 26.3 Å². The number of nitriles is 1. The highest BCUT2D eigenvalue weighted by molar-refractivity contribution is 5.54. The lowest BCUT2D eigenvalue weighted by Gasteiger charge is -2.35. The summed E-state index contributed by atoms with van der Waals surface area (Å²) < 4.78 is 5.45. The average Bonchev–Trinajstić information content (AvgIpc) is 2.68. The van der Waals surface area contributed by atoms with Gasteiger partial charge in [-0.1, -0.05) is 6.92 Å². The van der Waals surface area contributed by atoms with E-state index in [0.717, 1.165) is 62.2 Å². The van der Waals surface area contributed by atoms with Crippen molar-refractivity contribution in [2.24, 2.45) is 0 Å². The number of fused-ring (bicyclic) bond motifs is 1. The number of hydrogen-bond donors (Lipinski definition) is 0. The molecule has 134 valence electrons. The van der Waals surface area contributed by atoms with Gasteiger partial charge >= 0.3 is 0 Å². The van der Waals surface area contributed by atoms with Crippen molar-refractivity contribution in [1.82, 2.24) is 15.2 Å². The number of morpholine rings is 1. The summed E-state index contributed by atoms with van der Waals surface area (Å²) in [6, 6.07) is 6.10. The van der Waals surface area contributed by atoms with Crippen molar-refractivity contribution in [1.29, 1.82) is 5.26 Å². The Morgan fingerprint density at radius 2 is 2.00 bits per heavy atom. The van der Waals surface area contributed by atoms with E-state index in [2.05, 4.69) is 33.0 Å². The number of anilines is 2. The molecule has 0 spiro atoms. The number of hydrogen-bond acceptors (Lipinski definition) is 7. The first-order chi connectivity index (χ1) is 12.7. The molecule has 4 rings (SSSR count). The summed E-state index contributed by atoms with van der Waals surface area (Å²) in [5.74, 6) is 1.16. The number of aryl methyl sites for hydroxylation is 1. The maximum Gasteiger partial charge on any atom is 0.163 e. The molecule has 26 heavy (non-hydrogen) atoms. The van der Waals surface area contributed by atoms with Gasteiger partial charge in [-0.3, -0.25) is 4.98 Å². The third-order valence-electron chi connectivity index (χ3n) is 5.06. The van der Waals surface area contributed by atoms with Gasteiger partial charge in [0.05, 0.1) is 30.8 Å². The fourth-order valence-electron chi connectivity index (χ4n) is 3.77. The van der Waals surface area contributed by atoms with Crippen LogP contribution in [0.15, 0.2) is 18.3 Å². The predicted octanol–water partition coefficient (Wildman–Crippen LogP) is 2.01. The van der Waals surface area contributed by atoms with Gasteiger partial charge < -0.3 is 14.5 Å². The molecule has 1 saturated heterocycles. The molecule has 0 radical (unpaired) electrons. The highest BCUT2D eigenvalue weighted by atomic mass is 16.5. The van der Waals surface area contributed by atoms with Crippen LogP contribution in [-0.2, 0) is 11.3 Å². The van der Waals surface area contributed by atoms with E-state index in [1.165, 1.54) is 5.56 Å². The number of nitrogens with zero attached hydrogens (tertiary/aromatic N) is 6. The van der Waals surface area contributed by atoms with E-state index in [0.29, 0.717) is 11.6 Å². The van der Waals surface area contributed by atoms with Gasteiger partial charge in [-0.2, -0.15) is 5.26 Å². The van der Waals surface area contributed by atoms with Gasteiger partial charge in [-0.05, 0) is 30.2 Å². The molecule has 0 bridgehead atoms. The molecule has 2 aromatic heterocycles. The number of pyridine rings is 1. The Bertz CT molecular complexity index is 856. The maximum absolute atomic E-state index is 9.00. The molecule has 1 unspecified atom stereocenters. The second-order valence-corrected chi connectivity index (χ2v) is 6.97. The molecule has 4 heterocycles. The first kappa shape index (κ1) is 16.7. The minimum atomic E-state index is 0.314. The second kappa shape index (κ2) is 6.89. The van der Waals surface area contributed by atoms with E-state index in [4.69, 9.17) is 15.0 Å². The molecule has 0 aliphatic carbocycles. The summed E-state index contributed by atoms with van der Waals surface area (Å²) in [6.07, 6.45) is 1.99. The smallest absolute Gasteiger partial charge is 0.163 e. The third-order valence-corrected chi connectivity index (χ3v) is 5.06. The third kappa shape index (κ3) is 3.08. The topological polar surface area (TPSA) is 78.2 Å². The van der Waals surface area contributed by atoms with E-state index in [-0.39, 0.29) is 0 Å². The lowest BCUT2D eigenvalue weighted by molar-refractivity contribution is 0.122. The van der Waals surface area contributed by atoms with Crippen molar-refractivity contribution >= 4 is 11.5 Å². The molecule has 0 N–H and O–H groups in total. The van der Waals surface area contributed by atoms with Gasteiger partial charge in [0.2, 0.25) is 0 Å². The SMILES string of the molecule is Cc1cc(C#N)nnc1N1Cc2cc(N3CCOCC3)cnc2C(C)C1. The van der Waals surface area contributed by atoms with Gasteiger partial charge in [-0.25, -0.2) is 0 Å². The Kier molecular flexibility index (Phi) is 4.43. The summed E-state index contributed by atoms with van der Waals surface area (Å²) >= 11 is 0. The predicted molar refractivity (Wildman–Crippen MR) is 98.2 cm³/mol. The van der Waals surface area contributed by atoms with Crippen molar-refractivity contribution in [3.05, 3.63) is 40.8 Å². The molecule has 0 aromatic carbocycles. The average molecular weight is 350 g/mol. The van der Waals surface area contributed by atoms with Crippen molar-refractivity contribution in [3.8, 4) is 6.07 Å². The van der Waals surface area contributed by atoms with Crippen LogP contribution in [-0.4, -0.2) is 48.0 Å². The molecule has 1 fully saturated rings. The zero-order valence-corrected chi connectivity index (χ0v) is 15.1. The van der Waals surface area contributed by atoms with Crippen LogP contribution in [0.1, 0.15) is 35.4 Å². The lowest BCUT2D eigenvalue weighted by atomic mass is 9.95. The normalized spacial score (nSPS) is 19.8. The van der Waals surface area contributed by atoms with Gasteiger partial charge in [0.25, 0.3) is 0 Å². The van der Waals surface area contributed by atoms with E-state index in [1.54, 1.807) is 6.07 Å². The fraction of sp³-hybridized carbons (Fsp3) is 0.474. The van der Waals surface area contributed by atoms with E-state index in [9.17, 15) is 0 Å². The zero-order valence-electron chi connectivity index (χ0n) is 15.1. The second-order valence-electron chi connectivity index (χ2n) is 6.97. The Hall–Kier alpha value is -2.72.